The van der Waals surface area contributed by atoms with Gasteiger partial charge in [0.1, 0.15) is 5.65 Å². The van der Waals surface area contributed by atoms with Gasteiger partial charge in [-0.2, -0.15) is 0 Å². The molecule has 3 nitrogen and oxygen atoms in total. The van der Waals surface area contributed by atoms with E-state index in [1.54, 1.807) is 0 Å². The first-order chi connectivity index (χ1) is 12.8. The normalized spacial score (nSPS) is 15.7. The first-order valence-electron chi connectivity index (χ1n) is 9.24. The van der Waals surface area contributed by atoms with Crippen molar-refractivity contribution in [3.8, 4) is 5.69 Å². The van der Waals surface area contributed by atoms with Gasteiger partial charge < -0.3 is 4.90 Å². The number of halogens is 3. The number of benzene rings is 1. The predicted octanol–water partition coefficient (Wildman–Crippen LogP) is 7.17. The smallest absolute Gasteiger partial charge is 0.147 e. The minimum atomic E-state index is 0.819. The maximum atomic E-state index is 4.93. The zero-order valence-electron chi connectivity index (χ0n) is 15.7. The standard InChI is InChI=1S/C21H22Br3N3/c1-12-4-6-26(7-5-12)18-8-14(3)25-21-19(18)13(2)11-27(21)20-16(23)9-15(22)10-17(20)24/h8-12H,4-7H2,1-3H3. The van der Waals surface area contributed by atoms with Gasteiger partial charge in [0.25, 0.3) is 0 Å². The average Bonchev–Trinajstić information content (AvgIpc) is 2.90. The molecular formula is C21H22Br3N3. The molecule has 0 spiro atoms. The molecular weight excluding hydrogens is 534 g/mol. The molecule has 0 saturated carbocycles. The summed E-state index contributed by atoms with van der Waals surface area (Å²) in [5, 5.41) is 1.26. The van der Waals surface area contributed by atoms with Gasteiger partial charge in [-0.05, 0) is 88.2 Å². The fraction of sp³-hybridized carbons (Fsp3) is 0.381. The minimum absolute atomic E-state index is 0.819. The number of nitrogens with zero attached hydrogens (tertiary/aromatic N) is 3. The first kappa shape index (κ1) is 19.5. The van der Waals surface area contributed by atoms with Gasteiger partial charge in [0.2, 0.25) is 0 Å². The number of aryl methyl sites for hydroxylation is 2. The van der Waals surface area contributed by atoms with E-state index >= 15 is 0 Å². The number of hydrogen-bond acceptors (Lipinski definition) is 2. The SMILES string of the molecule is Cc1cc(N2CCC(C)CC2)c2c(C)cn(-c3c(Br)cc(Br)cc3Br)c2n1. The number of pyridine rings is 1. The number of fused-ring (bicyclic) bond motifs is 1. The zero-order valence-corrected chi connectivity index (χ0v) is 20.4. The lowest BCUT2D eigenvalue weighted by Crippen LogP contribution is -2.33. The number of piperidine rings is 1. The Morgan fingerprint density at radius 3 is 2.26 bits per heavy atom. The van der Waals surface area contributed by atoms with Crippen molar-refractivity contribution in [2.75, 3.05) is 18.0 Å². The van der Waals surface area contributed by atoms with Gasteiger partial charge in [0.15, 0.2) is 0 Å². The van der Waals surface area contributed by atoms with Crippen LogP contribution in [0.2, 0.25) is 0 Å². The van der Waals surface area contributed by atoms with Gasteiger partial charge in [-0.15, -0.1) is 0 Å². The highest BCUT2D eigenvalue weighted by atomic mass is 79.9. The number of hydrogen-bond donors (Lipinski definition) is 0. The summed E-state index contributed by atoms with van der Waals surface area (Å²) in [5.41, 5.74) is 5.73. The van der Waals surface area contributed by atoms with Crippen LogP contribution in [0.4, 0.5) is 5.69 Å². The van der Waals surface area contributed by atoms with Crippen molar-refractivity contribution in [3.63, 3.8) is 0 Å². The lowest BCUT2D eigenvalue weighted by atomic mass is 9.98. The van der Waals surface area contributed by atoms with Crippen molar-refractivity contribution in [2.24, 2.45) is 5.92 Å². The van der Waals surface area contributed by atoms with E-state index in [0.717, 1.165) is 49.5 Å². The molecule has 0 N–H and O–H groups in total. The van der Waals surface area contributed by atoms with Gasteiger partial charge >= 0.3 is 0 Å². The predicted molar refractivity (Wildman–Crippen MR) is 124 cm³/mol. The summed E-state index contributed by atoms with van der Waals surface area (Å²) in [6.45, 7) is 8.88. The van der Waals surface area contributed by atoms with Gasteiger partial charge in [0.05, 0.1) is 5.69 Å². The van der Waals surface area contributed by atoms with Crippen molar-refractivity contribution < 1.29 is 0 Å². The molecule has 2 aromatic heterocycles. The average molecular weight is 556 g/mol. The van der Waals surface area contributed by atoms with Gasteiger partial charge in [-0.25, -0.2) is 4.98 Å². The van der Waals surface area contributed by atoms with Crippen LogP contribution in [0.15, 0.2) is 37.8 Å². The summed E-state index contributed by atoms with van der Waals surface area (Å²) >= 11 is 11.0. The summed E-state index contributed by atoms with van der Waals surface area (Å²) in [4.78, 5) is 7.47. The van der Waals surface area contributed by atoms with Crippen LogP contribution in [-0.4, -0.2) is 22.6 Å². The lowest BCUT2D eigenvalue weighted by molar-refractivity contribution is 0.439. The largest absolute Gasteiger partial charge is 0.371 e. The first-order valence-corrected chi connectivity index (χ1v) is 11.6. The van der Waals surface area contributed by atoms with Crippen molar-refractivity contribution in [2.45, 2.75) is 33.6 Å². The van der Waals surface area contributed by atoms with Crippen LogP contribution in [0, 0.1) is 19.8 Å². The van der Waals surface area contributed by atoms with Crippen molar-refractivity contribution in [1.82, 2.24) is 9.55 Å². The fourth-order valence-corrected chi connectivity index (χ4v) is 6.59. The molecule has 27 heavy (non-hydrogen) atoms. The van der Waals surface area contributed by atoms with Crippen LogP contribution in [0.5, 0.6) is 0 Å². The molecule has 6 heteroatoms. The summed E-state index contributed by atoms with van der Waals surface area (Å²) in [7, 11) is 0. The highest BCUT2D eigenvalue weighted by molar-refractivity contribution is 9.11. The Balaban J connectivity index is 1.93. The third-order valence-electron chi connectivity index (χ3n) is 5.40. The number of aromatic nitrogens is 2. The van der Waals surface area contributed by atoms with E-state index in [4.69, 9.17) is 4.98 Å². The third kappa shape index (κ3) is 3.60. The van der Waals surface area contributed by atoms with Crippen LogP contribution >= 0.6 is 47.8 Å². The molecule has 0 unspecified atom stereocenters. The van der Waals surface area contributed by atoms with Gasteiger partial charge in [-0.1, -0.05) is 22.9 Å². The molecule has 0 bridgehead atoms. The molecule has 4 rings (SSSR count). The van der Waals surface area contributed by atoms with Crippen molar-refractivity contribution >= 4 is 64.5 Å². The number of rotatable bonds is 2. The van der Waals surface area contributed by atoms with Crippen LogP contribution in [0.1, 0.15) is 31.0 Å². The number of anilines is 1. The van der Waals surface area contributed by atoms with Crippen LogP contribution in [-0.2, 0) is 0 Å². The Hall–Kier alpha value is -0.850. The third-order valence-corrected chi connectivity index (χ3v) is 7.07. The Labute approximate surface area is 185 Å². The Bertz CT molecular complexity index is 994. The van der Waals surface area contributed by atoms with E-state index in [1.165, 1.54) is 29.5 Å². The molecule has 1 saturated heterocycles. The molecule has 3 heterocycles. The lowest BCUT2D eigenvalue weighted by Gasteiger charge is -2.33. The molecule has 1 aliphatic heterocycles. The molecule has 1 aromatic carbocycles. The van der Waals surface area contributed by atoms with E-state index in [2.05, 4.69) is 102 Å². The molecule has 1 aliphatic rings. The van der Waals surface area contributed by atoms with E-state index in [-0.39, 0.29) is 0 Å². The molecule has 0 atom stereocenters. The summed E-state index contributed by atoms with van der Waals surface area (Å²) in [5.74, 6) is 0.819. The van der Waals surface area contributed by atoms with Crippen LogP contribution < -0.4 is 4.90 Å². The van der Waals surface area contributed by atoms with Crippen LogP contribution in [0.25, 0.3) is 16.7 Å². The van der Waals surface area contributed by atoms with Crippen molar-refractivity contribution in [3.05, 3.63) is 49.1 Å². The maximum Gasteiger partial charge on any atom is 0.147 e. The minimum Gasteiger partial charge on any atom is -0.371 e. The van der Waals surface area contributed by atoms with E-state index in [9.17, 15) is 0 Å². The topological polar surface area (TPSA) is 21.1 Å². The molecule has 142 valence electrons. The second-order valence-corrected chi connectivity index (χ2v) is 10.2. The van der Waals surface area contributed by atoms with Gasteiger partial charge in [0, 0.05) is 49.5 Å². The second-order valence-electron chi connectivity index (χ2n) is 7.55. The summed E-state index contributed by atoms with van der Waals surface area (Å²) in [6, 6.07) is 6.40. The highest BCUT2D eigenvalue weighted by Gasteiger charge is 2.22. The van der Waals surface area contributed by atoms with E-state index < -0.39 is 0 Å². The zero-order chi connectivity index (χ0) is 19.3. The Morgan fingerprint density at radius 2 is 1.63 bits per heavy atom. The maximum absolute atomic E-state index is 4.93. The molecule has 0 aliphatic carbocycles. The summed E-state index contributed by atoms with van der Waals surface area (Å²) in [6.07, 6.45) is 4.71. The molecule has 0 radical (unpaired) electrons. The van der Waals surface area contributed by atoms with Crippen LogP contribution in [0.3, 0.4) is 0 Å². The highest BCUT2D eigenvalue weighted by Crippen LogP contribution is 2.39. The molecule has 0 amide bonds. The fourth-order valence-electron chi connectivity index (χ4n) is 3.95. The quantitative estimate of drug-likeness (QED) is 0.334. The van der Waals surface area contributed by atoms with Crippen molar-refractivity contribution in [1.29, 1.82) is 0 Å². The van der Waals surface area contributed by atoms with Gasteiger partial charge in [-0.3, -0.25) is 4.57 Å². The Kier molecular flexibility index (Phi) is 5.43. The second kappa shape index (κ2) is 7.53. The molecule has 1 fully saturated rings. The van der Waals surface area contributed by atoms with E-state index in [0.29, 0.717) is 0 Å². The van der Waals surface area contributed by atoms with E-state index in [1.807, 2.05) is 0 Å². The molecule has 3 aromatic rings. The monoisotopic (exact) mass is 553 g/mol. The Morgan fingerprint density at radius 1 is 1.00 bits per heavy atom. The summed E-state index contributed by atoms with van der Waals surface area (Å²) < 4.78 is 5.29.